The number of phenols is 3. The highest BCUT2D eigenvalue weighted by Gasteiger charge is 2.24. The molecule has 0 unspecified atom stereocenters. The molecule has 5 nitrogen and oxygen atoms in total. The van der Waals surface area contributed by atoms with Crippen molar-refractivity contribution >= 4 is 17.1 Å². The van der Waals surface area contributed by atoms with Gasteiger partial charge in [0.05, 0.1) is 11.4 Å². The zero-order valence-corrected chi connectivity index (χ0v) is 21.0. The summed E-state index contributed by atoms with van der Waals surface area (Å²) in [4.78, 5) is 1.89. The molecule has 0 aromatic heterocycles. The second kappa shape index (κ2) is 9.26. The SMILES string of the molecule is Cc1cc(O)cc(Oc2ccc(N(c3c(O)ccc(C)c3C)c3c(O)ccc(C)c3C)cc2)c1C. The number of nitrogens with zero attached hydrogens (tertiary/aromatic N) is 1. The second-order valence-corrected chi connectivity index (χ2v) is 9.07. The summed E-state index contributed by atoms with van der Waals surface area (Å²) in [6.07, 6.45) is 0. The van der Waals surface area contributed by atoms with Crippen LogP contribution in [0, 0.1) is 41.5 Å². The van der Waals surface area contributed by atoms with E-state index in [1.807, 2.05) is 82.8 Å². The maximum Gasteiger partial charge on any atom is 0.139 e. The van der Waals surface area contributed by atoms with Crippen LogP contribution in [0.2, 0.25) is 0 Å². The smallest absolute Gasteiger partial charge is 0.139 e. The third kappa shape index (κ3) is 4.50. The van der Waals surface area contributed by atoms with Crippen molar-refractivity contribution in [3.05, 3.63) is 94.0 Å². The summed E-state index contributed by atoms with van der Waals surface area (Å²) in [5, 5.41) is 31.8. The summed E-state index contributed by atoms with van der Waals surface area (Å²) < 4.78 is 6.07. The zero-order valence-electron chi connectivity index (χ0n) is 21.0. The topological polar surface area (TPSA) is 73.2 Å². The number of hydrogen-bond acceptors (Lipinski definition) is 5. The molecule has 4 aromatic carbocycles. The fraction of sp³-hybridized carbons (Fsp3) is 0.200. The Morgan fingerprint density at radius 2 is 1.09 bits per heavy atom. The normalized spacial score (nSPS) is 10.9. The standard InChI is InChI=1S/C30H31NO4/c1-17-7-13-26(33)29(21(17)5)31(30-22(6)18(2)8-14-27(30)34)23-9-11-25(12-10-23)35-28-16-24(32)15-19(3)20(28)4/h7-16,32-34H,1-6H3. The van der Waals surface area contributed by atoms with E-state index in [2.05, 4.69) is 0 Å². The molecule has 0 spiro atoms. The summed E-state index contributed by atoms with van der Waals surface area (Å²) in [5.41, 5.74) is 7.77. The molecule has 0 saturated carbocycles. The highest BCUT2D eigenvalue weighted by molar-refractivity contribution is 5.87. The Bertz CT molecular complexity index is 1350. The Hall–Kier alpha value is -4.12. The van der Waals surface area contributed by atoms with Gasteiger partial charge in [0.2, 0.25) is 0 Å². The molecule has 0 aliphatic rings. The largest absolute Gasteiger partial charge is 0.508 e. The lowest BCUT2D eigenvalue weighted by Gasteiger charge is -2.30. The summed E-state index contributed by atoms with van der Waals surface area (Å²) >= 11 is 0. The van der Waals surface area contributed by atoms with Crippen LogP contribution in [0.5, 0.6) is 28.7 Å². The van der Waals surface area contributed by atoms with Crippen LogP contribution >= 0.6 is 0 Å². The van der Waals surface area contributed by atoms with Crippen molar-refractivity contribution in [3.8, 4) is 28.7 Å². The number of aromatic hydroxyl groups is 3. The first kappa shape index (κ1) is 24.0. The number of rotatable bonds is 5. The van der Waals surface area contributed by atoms with Gasteiger partial charge in [-0.05, 0) is 117 Å². The minimum atomic E-state index is 0.125. The van der Waals surface area contributed by atoms with E-state index in [0.717, 1.165) is 39.1 Å². The van der Waals surface area contributed by atoms with Crippen LogP contribution in [0.3, 0.4) is 0 Å². The van der Waals surface area contributed by atoms with Crippen LogP contribution in [0.25, 0.3) is 0 Å². The van der Waals surface area contributed by atoms with E-state index in [0.29, 0.717) is 22.9 Å². The van der Waals surface area contributed by atoms with Crippen molar-refractivity contribution in [2.45, 2.75) is 41.5 Å². The Labute approximate surface area is 206 Å². The molecule has 0 atom stereocenters. The average Bonchev–Trinajstić information content (AvgIpc) is 2.82. The molecule has 0 aliphatic heterocycles. The third-order valence-electron chi connectivity index (χ3n) is 6.74. The molecule has 3 N–H and O–H groups in total. The highest BCUT2D eigenvalue weighted by atomic mass is 16.5. The predicted molar refractivity (Wildman–Crippen MR) is 141 cm³/mol. The van der Waals surface area contributed by atoms with E-state index in [9.17, 15) is 15.3 Å². The van der Waals surface area contributed by atoms with Crippen molar-refractivity contribution in [3.63, 3.8) is 0 Å². The van der Waals surface area contributed by atoms with Gasteiger partial charge >= 0.3 is 0 Å². The molecule has 0 amide bonds. The van der Waals surface area contributed by atoms with Crippen molar-refractivity contribution in [2.75, 3.05) is 4.90 Å². The molecule has 0 radical (unpaired) electrons. The maximum absolute atomic E-state index is 10.9. The molecule has 5 heteroatoms. The summed E-state index contributed by atoms with van der Waals surface area (Å²) in [5.74, 6) is 1.60. The van der Waals surface area contributed by atoms with Crippen molar-refractivity contribution < 1.29 is 20.1 Å². The minimum absolute atomic E-state index is 0.125. The molecule has 0 fully saturated rings. The number of anilines is 3. The molecule has 180 valence electrons. The van der Waals surface area contributed by atoms with Crippen LogP contribution < -0.4 is 9.64 Å². The van der Waals surface area contributed by atoms with Gasteiger partial charge < -0.3 is 25.0 Å². The van der Waals surface area contributed by atoms with Gasteiger partial charge in [0.1, 0.15) is 28.7 Å². The van der Waals surface area contributed by atoms with Crippen LogP contribution in [-0.4, -0.2) is 15.3 Å². The zero-order chi connectivity index (χ0) is 25.4. The highest BCUT2D eigenvalue weighted by Crippen LogP contribution is 2.48. The Kier molecular flexibility index (Phi) is 6.35. The van der Waals surface area contributed by atoms with Gasteiger partial charge in [-0.3, -0.25) is 0 Å². The number of benzene rings is 4. The summed E-state index contributed by atoms with van der Waals surface area (Å²) in [7, 11) is 0. The van der Waals surface area contributed by atoms with E-state index >= 15 is 0 Å². The van der Waals surface area contributed by atoms with Crippen LogP contribution in [-0.2, 0) is 0 Å². The van der Waals surface area contributed by atoms with E-state index in [4.69, 9.17) is 4.74 Å². The van der Waals surface area contributed by atoms with Gasteiger partial charge in [-0.25, -0.2) is 0 Å². The molecule has 0 heterocycles. The molecule has 4 aromatic rings. The Morgan fingerprint density at radius 3 is 1.60 bits per heavy atom. The lowest BCUT2D eigenvalue weighted by atomic mass is 10.0. The molecule has 0 bridgehead atoms. The Balaban J connectivity index is 1.85. The lowest BCUT2D eigenvalue weighted by molar-refractivity contribution is 0.452. The van der Waals surface area contributed by atoms with E-state index in [-0.39, 0.29) is 17.2 Å². The van der Waals surface area contributed by atoms with E-state index in [1.54, 1.807) is 24.3 Å². The number of ether oxygens (including phenoxy) is 1. The predicted octanol–water partition coefficient (Wildman–Crippen LogP) is 7.92. The quantitative estimate of drug-likeness (QED) is 0.277. The molecular formula is C30H31NO4. The van der Waals surface area contributed by atoms with Gasteiger partial charge in [-0.2, -0.15) is 0 Å². The fourth-order valence-electron chi connectivity index (χ4n) is 4.21. The van der Waals surface area contributed by atoms with Crippen LogP contribution in [0.4, 0.5) is 17.1 Å². The first-order chi connectivity index (χ1) is 16.6. The van der Waals surface area contributed by atoms with Crippen LogP contribution in [0.15, 0.2) is 60.7 Å². The Morgan fingerprint density at radius 1 is 0.571 bits per heavy atom. The van der Waals surface area contributed by atoms with Crippen LogP contribution in [0.1, 0.15) is 33.4 Å². The summed E-state index contributed by atoms with van der Waals surface area (Å²) in [6, 6.07) is 17.9. The fourth-order valence-corrected chi connectivity index (χ4v) is 4.21. The first-order valence-electron chi connectivity index (χ1n) is 11.5. The maximum atomic E-state index is 10.9. The lowest BCUT2D eigenvalue weighted by Crippen LogP contribution is -2.14. The molecule has 35 heavy (non-hydrogen) atoms. The summed E-state index contributed by atoms with van der Waals surface area (Å²) in [6.45, 7) is 11.8. The molecule has 0 saturated heterocycles. The monoisotopic (exact) mass is 469 g/mol. The van der Waals surface area contributed by atoms with Gasteiger partial charge in [0, 0.05) is 11.8 Å². The second-order valence-electron chi connectivity index (χ2n) is 9.07. The van der Waals surface area contributed by atoms with Gasteiger partial charge in [0.15, 0.2) is 0 Å². The molecule has 0 aliphatic carbocycles. The number of hydrogen-bond donors (Lipinski definition) is 3. The molecular weight excluding hydrogens is 438 g/mol. The van der Waals surface area contributed by atoms with Crippen molar-refractivity contribution in [1.29, 1.82) is 0 Å². The molecule has 4 rings (SSSR count). The van der Waals surface area contributed by atoms with Gasteiger partial charge in [-0.15, -0.1) is 0 Å². The van der Waals surface area contributed by atoms with E-state index < -0.39 is 0 Å². The average molecular weight is 470 g/mol. The van der Waals surface area contributed by atoms with Crippen molar-refractivity contribution in [1.82, 2.24) is 0 Å². The van der Waals surface area contributed by atoms with E-state index in [1.165, 1.54) is 0 Å². The number of aryl methyl sites for hydroxylation is 3. The minimum Gasteiger partial charge on any atom is -0.508 e. The van der Waals surface area contributed by atoms with Gasteiger partial charge in [-0.1, -0.05) is 12.1 Å². The first-order valence-corrected chi connectivity index (χ1v) is 11.5. The number of phenolic OH excluding ortho intramolecular Hbond substituents is 3. The van der Waals surface area contributed by atoms with Gasteiger partial charge in [0.25, 0.3) is 0 Å². The third-order valence-corrected chi connectivity index (χ3v) is 6.74. The van der Waals surface area contributed by atoms with Crippen molar-refractivity contribution in [2.24, 2.45) is 0 Å².